The highest BCUT2D eigenvalue weighted by Crippen LogP contribution is 2.42. The van der Waals surface area contributed by atoms with Crippen LogP contribution in [0.15, 0.2) is 24.4 Å². The van der Waals surface area contributed by atoms with Crippen LogP contribution in [0.1, 0.15) is 48.2 Å². The van der Waals surface area contributed by atoms with Gasteiger partial charge < -0.3 is 0 Å². The number of hydrogen-bond acceptors (Lipinski definition) is 3. The summed E-state index contributed by atoms with van der Waals surface area (Å²) in [5, 5.41) is 12.2. The van der Waals surface area contributed by atoms with E-state index in [0.29, 0.717) is 29.0 Å². The first-order valence-electron chi connectivity index (χ1n) is 9.30. The van der Waals surface area contributed by atoms with Crippen molar-refractivity contribution in [3.63, 3.8) is 0 Å². The van der Waals surface area contributed by atoms with Gasteiger partial charge in [0.2, 0.25) is 0 Å². The number of aromatic nitrogens is 5. The van der Waals surface area contributed by atoms with Crippen molar-refractivity contribution in [2.75, 3.05) is 0 Å². The Morgan fingerprint density at radius 2 is 2.00 bits per heavy atom. The molecular weight excluding hydrogens is 367 g/mol. The van der Waals surface area contributed by atoms with Crippen molar-refractivity contribution >= 4 is 16.6 Å². The van der Waals surface area contributed by atoms with E-state index >= 15 is 0 Å². The van der Waals surface area contributed by atoms with Gasteiger partial charge in [0.25, 0.3) is 0 Å². The highest BCUT2D eigenvalue weighted by molar-refractivity contribution is 5.87. The molecule has 1 aromatic carbocycles. The van der Waals surface area contributed by atoms with Gasteiger partial charge in [-0.3, -0.25) is 5.10 Å². The SMILES string of the molecule is CCc1cc(C(F)(F)F)c(-c2cc(C)c3[nH]ncc3c2)n2nc(C3CC3)nc12. The standard InChI is InChI=1S/C20H18F3N5/c1-3-11-8-15(20(21,22)23)17(28-19(11)25-18(27-28)12-4-5-12)13-6-10(2)16-14(7-13)9-24-26-16/h6-9,12H,3-5H2,1-2H3,(H,24,26). The van der Waals surface area contributed by atoms with Gasteiger partial charge in [0.05, 0.1) is 23.0 Å². The van der Waals surface area contributed by atoms with Crippen molar-refractivity contribution in [1.29, 1.82) is 0 Å². The molecule has 0 amide bonds. The molecule has 8 heteroatoms. The van der Waals surface area contributed by atoms with E-state index in [2.05, 4.69) is 20.3 Å². The van der Waals surface area contributed by atoms with E-state index in [4.69, 9.17) is 0 Å². The molecule has 4 aromatic rings. The zero-order valence-corrected chi connectivity index (χ0v) is 15.4. The van der Waals surface area contributed by atoms with Crippen LogP contribution >= 0.6 is 0 Å². The molecule has 3 aromatic heterocycles. The highest BCUT2D eigenvalue weighted by Gasteiger charge is 2.37. The number of aryl methyl sites for hydroxylation is 2. The minimum absolute atomic E-state index is 0.0327. The average molecular weight is 385 g/mol. The highest BCUT2D eigenvalue weighted by atomic mass is 19.4. The number of nitrogens with one attached hydrogen (secondary N) is 1. The molecule has 1 N–H and O–H groups in total. The van der Waals surface area contributed by atoms with Gasteiger partial charge in [-0.1, -0.05) is 6.92 Å². The molecule has 1 aliphatic carbocycles. The predicted molar refractivity (Wildman–Crippen MR) is 99.2 cm³/mol. The Balaban J connectivity index is 1.88. The van der Waals surface area contributed by atoms with Crippen LogP contribution in [0, 0.1) is 6.92 Å². The summed E-state index contributed by atoms with van der Waals surface area (Å²) in [6.07, 6.45) is -0.457. The van der Waals surface area contributed by atoms with Crippen LogP contribution < -0.4 is 0 Å². The summed E-state index contributed by atoms with van der Waals surface area (Å²) in [4.78, 5) is 4.60. The predicted octanol–water partition coefficient (Wildman–Crippen LogP) is 5.04. The number of alkyl halides is 3. The van der Waals surface area contributed by atoms with Gasteiger partial charge in [0.1, 0.15) is 0 Å². The average Bonchev–Trinajstić information content (AvgIpc) is 3.21. The topological polar surface area (TPSA) is 58.9 Å². The van der Waals surface area contributed by atoms with Crippen LogP contribution in [-0.4, -0.2) is 24.8 Å². The Labute approximate surface area is 158 Å². The second-order valence-corrected chi connectivity index (χ2v) is 7.39. The van der Waals surface area contributed by atoms with Crippen molar-refractivity contribution in [2.24, 2.45) is 0 Å². The van der Waals surface area contributed by atoms with Gasteiger partial charge >= 0.3 is 6.18 Å². The third kappa shape index (κ3) is 2.58. The Morgan fingerprint density at radius 3 is 2.68 bits per heavy atom. The smallest absolute Gasteiger partial charge is 0.278 e. The van der Waals surface area contributed by atoms with Crippen LogP contribution in [0.25, 0.3) is 27.8 Å². The molecule has 28 heavy (non-hydrogen) atoms. The van der Waals surface area contributed by atoms with E-state index < -0.39 is 11.7 Å². The maximum absolute atomic E-state index is 14.0. The second-order valence-electron chi connectivity index (χ2n) is 7.39. The van der Waals surface area contributed by atoms with Gasteiger partial charge in [0, 0.05) is 16.9 Å². The van der Waals surface area contributed by atoms with Crippen LogP contribution in [0.5, 0.6) is 0 Å². The third-order valence-corrected chi connectivity index (χ3v) is 5.34. The number of nitrogens with zero attached hydrogens (tertiary/aromatic N) is 4. The number of rotatable bonds is 3. The molecule has 144 valence electrons. The Morgan fingerprint density at radius 1 is 1.21 bits per heavy atom. The van der Waals surface area contributed by atoms with Crippen LogP contribution in [0.3, 0.4) is 0 Å². The van der Waals surface area contributed by atoms with E-state index in [1.807, 2.05) is 13.8 Å². The third-order valence-electron chi connectivity index (χ3n) is 5.34. The zero-order valence-electron chi connectivity index (χ0n) is 15.4. The summed E-state index contributed by atoms with van der Waals surface area (Å²) < 4.78 is 43.5. The van der Waals surface area contributed by atoms with E-state index in [0.717, 1.165) is 29.3 Å². The molecule has 1 saturated carbocycles. The van der Waals surface area contributed by atoms with Crippen molar-refractivity contribution in [1.82, 2.24) is 24.8 Å². The van der Waals surface area contributed by atoms with Crippen molar-refractivity contribution in [3.05, 3.63) is 46.9 Å². The molecule has 0 unspecified atom stereocenters. The van der Waals surface area contributed by atoms with Crippen LogP contribution in [0.4, 0.5) is 13.2 Å². The minimum atomic E-state index is -4.50. The Kier molecular flexibility index (Phi) is 3.56. The summed E-state index contributed by atoms with van der Waals surface area (Å²) in [6.45, 7) is 3.69. The summed E-state index contributed by atoms with van der Waals surface area (Å²) in [6, 6.07) is 4.69. The van der Waals surface area contributed by atoms with Crippen molar-refractivity contribution in [3.8, 4) is 11.3 Å². The number of pyridine rings is 1. The largest absolute Gasteiger partial charge is 0.418 e. The molecule has 1 fully saturated rings. The normalized spacial score (nSPS) is 15.0. The summed E-state index contributed by atoms with van der Waals surface area (Å²) in [7, 11) is 0. The monoisotopic (exact) mass is 385 g/mol. The number of fused-ring (bicyclic) bond motifs is 2. The Hall–Kier alpha value is -2.90. The molecule has 0 radical (unpaired) electrons. The van der Waals surface area contributed by atoms with E-state index in [9.17, 15) is 13.2 Å². The van der Waals surface area contributed by atoms with Crippen LogP contribution in [-0.2, 0) is 12.6 Å². The summed E-state index contributed by atoms with van der Waals surface area (Å²) >= 11 is 0. The molecular formula is C20H18F3N5. The number of halogens is 3. The lowest BCUT2D eigenvalue weighted by Gasteiger charge is -2.17. The fourth-order valence-electron chi connectivity index (χ4n) is 3.75. The lowest BCUT2D eigenvalue weighted by molar-refractivity contribution is -0.137. The molecule has 5 rings (SSSR count). The minimum Gasteiger partial charge on any atom is -0.278 e. The quantitative estimate of drug-likeness (QED) is 0.538. The number of aromatic amines is 1. The van der Waals surface area contributed by atoms with E-state index in [1.54, 1.807) is 18.3 Å². The molecule has 0 bridgehead atoms. The number of H-pyrrole nitrogens is 1. The fraction of sp³-hybridized carbons (Fsp3) is 0.350. The van der Waals surface area contributed by atoms with Gasteiger partial charge in [-0.05, 0) is 55.5 Å². The number of hydrogen-bond donors (Lipinski definition) is 1. The van der Waals surface area contributed by atoms with Crippen molar-refractivity contribution in [2.45, 2.75) is 45.2 Å². The molecule has 0 aliphatic heterocycles. The second kappa shape index (κ2) is 5.80. The molecule has 5 nitrogen and oxygen atoms in total. The summed E-state index contributed by atoms with van der Waals surface area (Å²) in [5.41, 5.74) is 2.51. The lowest BCUT2D eigenvalue weighted by atomic mass is 9.99. The lowest BCUT2D eigenvalue weighted by Crippen LogP contribution is -2.13. The molecule has 3 heterocycles. The molecule has 0 spiro atoms. The van der Waals surface area contributed by atoms with Gasteiger partial charge in [0.15, 0.2) is 11.5 Å². The number of benzene rings is 1. The molecule has 0 atom stereocenters. The molecule has 1 aliphatic rings. The van der Waals surface area contributed by atoms with Gasteiger partial charge in [-0.25, -0.2) is 9.50 Å². The van der Waals surface area contributed by atoms with Crippen LogP contribution in [0.2, 0.25) is 0 Å². The van der Waals surface area contributed by atoms with E-state index in [-0.39, 0.29) is 11.6 Å². The first-order valence-corrected chi connectivity index (χ1v) is 9.30. The molecule has 0 saturated heterocycles. The van der Waals surface area contributed by atoms with E-state index in [1.165, 1.54) is 10.6 Å². The van der Waals surface area contributed by atoms with Gasteiger partial charge in [-0.2, -0.15) is 23.4 Å². The maximum Gasteiger partial charge on any atom is 0.418 e. The first kappa shape index (κ1) is 17.2. The maximum atomic E-state index is 14.0. The zero-order chi connectivity index (χ0) is 19.6. The van der Waals surface area contributed by atoms with Crippen molar-refractivity contribution < 1.29 is 13.2 Å². The fourth-order valence-corrected chi connectivity index (χ4v) is 3.75. The Bertz CT molecular complexity index is 1210. The van der Waals surface area contributed by atoms with Gasteiger partial charge in [-0.15, -0.1) is 0 Å². The summed E-state index contributed by atoms with van der Waals surface area (Å²) in [5.74, 6) is 0.890. The first-order chi connectivity index (χ1) is 13.4.